The number of rotatable bonds is 4. The van der Waals surface area contributed by atoms with E-state index < -0.39 is 0 Å². The molecule has 7 rings (SSSR count). The average Bonchev–Trinajstić information content (AvgIpc) is 3.52. The molecule has 1 aliphatic carbocycles. The van der Waals surface area contributed by atoms with Gasteiger partial charge in [0.15, 0.2) is 11.6 Å². The van der Waals surface area contributed by atoms with Crippen molar-refractivity contribution in [2.75, 3.05) is 4.90 Å². The van der Waals surface area contributed by atoms with Crippen molar-refractivity contribution in [3.63, 3.8) is 0 Å². The molecule has 0 saturated carbocycles. The molecule has 0 spiro atoms. The number of hydrogen-bond acceptors (Lipinski definition) is 4. The van der Waals surface area contributed by atoms with Crippen molar-refractivity contribution in [2.45, 2.75) is 0 Å². The number of benzene rings is 5. The van der Waals surface area contributed by atoms with Gasteiger partial charge in [0.1, 0.15) is 5.00 Å². The Morgan fingerprint density at radius 3 is 1.58 bits per heavy atom. The highest BCUT2D eigenvalue weighted by atomic mass is 32.1. The topological polar surface area (TPSA) is 37.4 Å². The van der Waals surface area contributed by atoms with E-state index in [4.69, 9.17) is 0 Å². The third-order valence-corrected chi connectivity index (χ3v) is 8.03. The lowest BCUT2D eigenvalue weighted by molar-refractivity contribution is 0.0990. The van der Waals surface area contributed by atoms with Crippen LogP contribution in [-0.2, 0) is 0 Å². The first-order valence-electron chi connectivity index (χ1n) is 12.4. The van der Waals surface area contributed by atoms with Gasteiger partial charge >= 0.3 is 0 Å². The molecule has 1 heterocycles. The van der Waals surface area contributed by atoms with Crippen molar-refractivity contribution >= 4 is 66.9 Å². The van der Waals surface area contributed by atoms with E-state index in [0.717, 1.165) is 32.0 Å². The summed E-state index contributed by atoms with van der Waals surface area (Å²) in [5.74, 6) is -0.414. The molecule has 0 radical (unpaired) electrons. The highest BCUT2D eigenvalue weighted by Gasteiger charge is 2.32. The molecule has 0 amide bonds. The van der Waals surface area contributed by atoms with Crippen molar-refractivity contribution in [1.82, 2.24) is 0 Å². The number of allylic oxidation sites excluding steroid dienone is 1. The zero-order valence-corrected chi connectivity index (χ0v) is 21.1. The lowest BCUT2D eigenvalue weighted by Gasteiger charge is -2.24. The predicted molar refractivity (Wildman–Crippen MR) is 157 cm³/mol. The second kappa shape index (κ2) is 8.94. The van der Waals surface area contributed by atoms with E-state index in [1.807, 2.05) is 18.2 Å². The number of thiophene rings is 1. The van der Waals surface area contributed by atoms with Crippen LogP contribution in [0.2, 0.25) is 0 Å². The molecule has 6 aromatic rings. The number of anilines is 3. The minimum atomic E-state index is -0.207. The van der Waals surface area contributed by atoms with Gasteiger partial charge in [-0.2, -0.15) is 0 Å². The molecule has 0 unspecified atom stereocenters. The molecule has 0 fully saturated rings. The molecule has 38 heavy (non-hydrogen) atoms. The van der Waals surface area contributed by atoms with Gasteiger partial charge in [-0.15, -0.1) is 11.3 Å². The lowest BCUT2D eigenvalue weighted by atomic mass is 10.1. The molecular weight excluding hydrogens is 486 g/mol. The summed E-state index contributed by atoms with van der Waals surface area (Å²) in [7, 11) is 0. The first kappa shape index (κ1) is 22.4. The van der Waals surface area contributed by atoms with Crippen LogP contribution in [0, 0.1) is 0 Å². The Hall–Kier alpha value is -4.80. The van der Waals surface area contributed by atoms with E-state index in [-0.39, 0.29) is 17.1 Å². The maximum Gasteiger partial charge on any atom is 0.197 e. The molecule has 0 atom stereocenters. The van der Waals surface area contributed by atoms with Crippen molar-refractivity contribution in [3.8, 4) is 0 Å². The third-order valence-electron chi connectivity index (χ3n) is 7.01. The Kier molecular flexibility index (Phi) is 5.27. The van der Waals surface area contributed by atoms with Gasteiger partial charge in [0, 0.05) is 27.4 Å². The summed E-state index contributed by atoms with van der Waals surface area (Å²) in [5.41, 5.74) is 3.27. The zero-order valence-electron chi connectivity index (χ0n) is 20.3. The molecule has 5 aromatic carbocycles. The Morgan fingerprint density at radius 1 is 0.526 bits per heavy atom. The fraction of sp³-hybridized carbons (Fsp3) is 0. The molecular formula is C34H21NO2S. The van der Waals surface area contributed by atoms with Crippen LogP contribution in [0.1, 0.15) is 25.6 Å². The predicted octanol–water partition coefficient (Wildman–Crippen LogP) is 8.99. The zero-order chi connectivity index (χ0) is 25.6. The van der Waals surface area contributed by atoms with Gasteiger partial charge in [-0.1, -0.05) is 84.9 Å². The van der Waals surface area contributed by atoms with Crippen molar-refractivity contribution < 1.29 is 9.59 Å². The fourth-order valence-corrected chi connectivity index (χ4v) is 6.11. The first-order chi connectivity index (χ1) is 18.7. The Bertz CT molecular complexity index is 1810. The smallest absolute Gasteiger partial charge is 0.197 e. The van der Waals surface area contributed by atoms with Gasteiger partial charge in [-0.05, 0) is 64.0 Å². The van der Waals surface area contributed by atoms with Gasteiger partial charge in [0.2, 0.25) is 0 Å². The second-order valence-electron chi connectivity index (χ2n) is 9.34. The summed E-state index contributed by atoms with van der Waals surface area (Å²) in [6.45, 7) is 0. The van der Waals surface area contributed by atoms with Crippen molar-refractivity contribution in [3.05, 3.63) is 143 Å². The normalized spacial score (nSPS) is 12.8. The number of carbonyl (C=O) groups is 2. The van der Waals surface area contributed by atoms with Crippen LogP contribution in [0.25, 0.3) is 27.6 Å². The Balaban J connectivity index is 1.34. The van der Waals surface area contributed by atoms with Gasteiger partial charge < -0.3 is 4.90 Å². The van der Waals surface area contributed by atoms with E-state index in [1.54, 1.807) is 41.7 Å². The number of Topliss-reactive ketones (excluding diaryl/α,β-unsaturated/α-hetero) is 2. The Labute approximate surface area is 223 Å². The van der Waals surface area contributed by atoms with E-state index in [0.29, 0.717) is 11.1 Å². The molecule has 0 aliphatic heterocycles. The molecule has 1 aromatic heterocycles. The monoisotopic (exact) mass is 507 g/mol. The number of hydrogen-bond donors (Lipinski definition) is 0. The van der Waals surface area contributed by atoms with Crippen LogP contribution in [0.5, 0.6) is 0 Å². The molecule has 180 valence electrons. The number of nitrogens with zero attached hydrogens (tertiary/aromatic N) is 1. The van der Waals surface area contributed by atoms with Crippen LogP contribution in [0.3, 0.4) is 0 Å². The van der Waals surface area contributed by atoms with Crippen LogP contribution in [-0.4, -0.2) is 11.6 Å². The lowest BCUT2D eigenvalue weighted by Crippen LogP contribution is -2.08. The average molecular weight is 508 g/mol. The van der Waals surface area contributed by atoms with E-state index in [2.05, 4.69) is 83.8 Å². The van der Waals surface area contributed by atoms with Crippen molar-refractivity contribution in [2.24, 2.45) is 0 Å². The first-order valence-corrected chi connectivity index (χ1v) is 13.2. The number of fused-ring (bicyclic) bond motifs is 3. The fourth-order valence-electron chi connectivity index (χ4n) is 5.12. The molecule has 4 heteroatoms. The highest BCUT2D eigenvalue weighted by molar-refractivity contribution is 7.17. The summed E-state index contributed by atoms with van der Waals surface area (Å²) in [6.07, 6.45) is 1.73. The largest absolute Gasteiger partial charge is 0.302 e. The van der Waals surface area contributed by atoms with Crippen molar-refractivity contribution in [1.29, 1.82) is 0 Å². The molecule has 0 N–H and O–H groups in total. The Morgan fingerprint density at radius 2 is 1.03 bits per heavy atom. The van der Waals surface area contributed by atoms with Gasteiger partial charge in [-0.3, -0.25) is 9.59 Å². The van der Waals surface area contributed by atoms with E-state index in [1.165, 1.54) is 10.8 Å². The molecule has 3 nitrogen and oxygen atoms in total. The summed E-state index contributed by atoms with van der Waals surface area (Å²) < 4.78 is 0. The van der Waals surface area contributed by atoms with Crippen LogP contribution < -0.4 is 4.90 Å². The van der Waals surface area contributed by atoms with E-state index in [9.17, 15) is 9.59 Å². The van der Waals surface area contributed by atoms with Crippen LogP contribution in [0.15, 0.2) is 127 Å². The maximum absolute atomic E-state index is 12.9. The molecule has 0 saturated heterocycles. The SMILES string of the molecule is O=C1C(=Cc2ccc(N(c3ccc4ccccc4c3)c3ccc4ccccc4c3)s2)C(=O)c2ccccc21. The van der Waals surface area contributed by atoms with Crippen LogP contribution >= 0.6 is 11.3 Å². The van der Waals surface area contributed by atoms with Crippen LogP contribution in [0.4, 0.5) is 16.4 Å². The number of carbonyl (C=O) groups excluding carboxylic acids is 2. The second-order valence-corrected chi connectivity index (χ2v) is 10.4. The summed E-state index contributed by atoms with van der Waals surface area (Å²) in [6, 6.07) is 40.7. The molecule has 1 aliphatic rings. The van der Waals surface area contributed by atoms with Gasteiger partial charge in [-0.25, -0.2) is 0 Å². The number of ketones is 2. The maximum atomic E-state index is 12.9. The standard InChI is InChI=1S/C34H21NO2S/c36-33-29-11-5-6-12-30(29)34(37)31(33)21-28-17-18-32(38-28)35(26-15-13-22-7-1-3-9-24(22)19-26)27-16-14-23-8-2-4-10-25(23)20-27/h1-21H. The van der Waals surface area contributed by atoms with Gasteiger partial charge in [0.25, 0.3) is 0 Å². The third kappa shape index (κ3) is 3.74. The molecule has 0 bridgehead atoms. The summed E-state index contributed by atoms with van der Waals surface area (Å²) in [5, 5.41) is 5.69. The minimum Gasteiger partial charge on any atom is -0.302 e. The minimum absolute atomic E-state index is 0.207. The van der Waals surface area contributed by atoms with E-state index >= 15 is 0 Å². The summed E-state index contributed by atoms with van der Waals surface area (Å²) >= 11 is 1.56. The highest BCUT2D eigenvalue weighted by Crippen LogP contribution is 2.41. The summed E-state index contributed by atoms with van der Waals surface area (Å²) in [4.78, 5) is 29.0. The quantitative estimate of drug-likeness (QED) is 0.176. The van der Waals surface area contributed by atoms with Gasteiger partial charge in [0.05, 0.1) is 5.57 Å².